The second kappa shape index (κ2) is 7.50. The Morgan fingerprint density at radius 2 is 1.85 bits per heavy atom. The Morgan fingerprint density at radius 1 is 1.08 bits per heavy atom. The molecule has 2 aromatic carbocycles. The smallest absolute Gasteiger partial charge is 0.279 e. The molecule has 1 saturated heterocycles. The van der Waals surface area contributed by atoms with E-state index in [1.807, 2.05) is 6.07 Å². The number of piperazine rings is 1. The van der Waals surface area contributed by atoms with Gasteiger partial charge in [0, 0.05) is 11.4 Å². The number of aryl methyl sites for hydroxylation is 3. The fourth-order valence-corrected chi connectivity index (χ4v) is 4.24. The average molecular weight is 350 g/mol. The summed E-state index contributed by atoms with van der Waals surface area (Å²) in [6.07, 6.45) is 3.56. The summed E-state index contributed by atoms with van der Waals surface area (Å²) in [4.78, 5) is 16.3. The lowest BCUT2D eigenvalue weighted by Crippen LogP contribution is -3.15. The molecule has 1 aliphatic heterocycles. The van der Waals surface area contributed by atoms with Gasteiger partial charge < -0.3 is 15.1 Å². The van der Waals surface area contributed by atoms with Gasteiger partial charge in [0.15, 0.2) is 6.54 Å². The highest BCUT2D eigenvalue weighted by molar-refractivity contribution is 5.91. The molecule has 4 rings (SSSR count). The summed E-state index contributed by atoms with van der Waals surface area (Å²) in [5, 5.41) is 3.10. The summed E-state index contributed by atoms with van der Waals surface area (Å²) < 4.78 is 0. The predicted molar refractivity (Wildman–Crippen MR) is 106 cm³/mol. The van der Waals surface area contributed by atoms with Crippen LogP contribution in [0.5, 0.6) is 0 Å². The van der Waals surface area contributed by atoms with Crippen LogP contribution in [0.1, 0.15) is 23.1 Å². The zero-order valence-corrected chi connectivity index (χ0v) is 15.6. The number of para-hydroxylation sites is 1. The minimum Gasteiger partial charge on any atom is -0.360 e. The fraction of sp³-hybridized carbons (Fsp3) is 0.409. The molecule has 0 spiro atoms. The molecule has 1 amide bonds. The van der Waals surface area contributed by atoms with Gasteiger partial charge in [-0.05, 0) is 61.1 Å². The number of hydrogen-bond donors (Lipinski definition) is 2. The van der Waals surface area contributed by atoms with E-state index in [0.717, 1.165) is 38.3 Å². The SMILES string of the molecule is Cc1ccccc1N1CC[NH+](CC(=O)Nc2ccc3c(c2)CCC3)CC1. The summed E-state index contributed by atoms with van der Waals surface area (Å²) in [5.74, 6) is 0.127. The minimum absolute atomic E-state index is 0.127. The summed E-state index contributed by atoms with van der Waals surface area (Å²) in [6, 6.07) is 14.9. The highest BCUT2D eigenvalue weighted by Crippen LogP contribution is 2.24. The molecule has 0 unspecified atom stereocenters. The highest BCUT2D eigenvalue weighted by Gasteiger charge is 2.23. The van der Waals surface area contributed by atoms with Gasteiger partial charge in [0.05, 0.1) is 26.2 Å². The van der Waals surface area contributed by atoms with Crippen LogP contribution in [-0.4, -0.2) is 38.6 Å². The molecule has 4 heteroatoms. The zero-order chi connectivity index (χ0) is 17.9. The molecule has 1 aliphatic carbocycles. The largest absolute Gasteiger partial charge is 0.360 e. The van der Waals surface area contributed by atoms with Crippen LogP contribution in [0.4, 0.5) is 11.4 Å². The number of nitrogens with zero attached hydrogens (tertiary/aromatic N) is 1. The molecule has 2 aliphatic rings. The number of hydrogen-bond acceptors (Lipinski definition) is 2. The Morgan fingerprint density at radius 3 is 2.65 bits per heavy atom. The van der Waals surface area contributed by atoms with Gasteiger partial charge >= 0.3 is 0 Å². The first-order valence-electron chi connectivity index (χ1n) is 9.75. The number of carbonyl (C=O) groups is 1. The summed E-state index contributed by atoms with van der Waals surface area (Å²) >= 11 is 0. The first-order valence-corrected chi connectivity index (χ1v) is 9.75. The average Bonchev–Trinajstić information content (AvgIpc) is 3.11. The number of rotatable bonds is 4. The number of amides is 1. The predicted octanol–water partition coefficient (Wildman–Crippen LogP) is 1.83. The summed E-state index contributed by atoms with van der Waals surface area (Å²) in [5.41, 5.74) is 6.45. The van der Waals surface area contributed by atoms with E-state index in [4.69, 9.17) is 0 Å². The molecule has 136 valence electrons. The summed E-state index contributed by atoms with van der Waals surface area (Å²) in [7, 11) is 0. The third-order valence-corrected chi connectivity index (χ3v) is 5.72. The van der Waals surface area contributed by atoms with Crippen molar-refractivity contribution in [3.8, 4) is 0 Å². The lowest BCUT2D eigenvalue weighted by molar-refractivity contribution is -0.892. The van der Waals surface area contributed by atoms with Crippen molar-refractivity contribution in [1.29, 1.82) is 0 Å². The third kappa shape index (κ3) is 3.75. The van der Waals surface area contributed by atoms with Crippen LogP contribution in [0.15, 0.2) is 42.5 Å². The second-order valence-corrected chi connectivity index (χ2v) is 7.59. The van der Waals surface area contributed by atoms with Crippen molar-refractivity contribution < 1.29 is 9.69 Å². The molecule has 4 nitrogen and oxygen atoms in total. The monoisotopic (exact) mass is 350 g/mol. The van der Waals surface area contributed by atoms with Gasteiger partial charge in [0.2, 0.25) is 0 Å². The van der Waals surface area contributed by atoms with Crippen LogP contribution in [0.2, 0.25) is 0 Å². The van der Waals surface area contributed by atoms with E-state index in [-0.39, 0.29) is 5.91 Å². The van der Waals surface area contributed by atoms with Crippen molar-refractivity contribution in [3.05, 3.63) is 59.2 Å². The van der Waals surface area contributed by atoms with Crippen molar-refractivity contribution in [3.63, 3.8) is 0 Å². The lowest BCUT2D eigenvalue weighted by atomic mass is 10.1. The molecule has 1 fully saturated rings. The van der Waals surface area contributed by atoms with Crippen LogP contribution in [-0.2, 0) is 17.6 Å². The number of quaternary nitrogens is 1. The van der Waals surface area contributed by atoms with Gasteiger partial charge in [-0.2, -0.15) is 0 Å². The third-order valence-electron chi connectivity index (χ3n) is 5.72. The van der Waals surface area contributed by atoms with Crippen molar-refractivity contribution in [2.75, 3.05) is 42.9 Å². The van der Waals surface area contributed by atoms with Crippen molar-refractivity contribution in [1.82, 2.24) is 0 Å². The molecular weight excluding hydrogens is 322 g/mol. The van der Waals surface area contributed by atoms with Crippen molar-refractivity contribution >= 4 is 17.3 Å². The van der Waals surface area contributed by atoms with E-state index >= 15 is 0 Å². The Bertz CT molecular complexity index is 794. The van der Waals surface area contributed by atoms with Gasteiger partial charge in [-0.1, -0.05) is 24.3 Å². The number of fused-ring (bicyclic) bond motifs is 1. The normalized spacial score (nSPS) is 17.2. The van der Waals surface area contributed by atoms with Gasteiger partial charge in [-0.15, -0.1) is 0 Å². The van der Waals surface area contributed by atoms with E-state index < -0.39 is 0 Å². The van der Waals surface area contributed by atoms with Gasteiger partial charge in [0.1, 0.15) is 0 Å². The topological polar surface area (TPSA) is 36.8 Å². The first kappa shape index (κ1) is 17.1. The maximum Gasteiger partial charge on any atom is 0.279 e. The molecule has 2 aromatic rings. The van der Waals surface area contributed by atoms with Gasteiger partial charge in [-0.25, -0.2) is 0 Å². The van der Waals surface area contributed by atoms with E-state index in [9.17, 15) is 4.79 Å². The maximum absolute atomic E-state index is 12.4. The van der Waals surface area contributed by atoms with Gasteiger partial charge in [0.25, 0.3) is 5.91 Å². The molecule has 0 atom stereocenters. The van der Waals surface area contributed by atoms with Crippen molar-refractivity contribution in [2.45, 2.75) is 26.2 Å². The van der Waals surface area contributed by atoms with Crippen molar-refractivity contribution in [2.24, 2.45) is 0 Å². The Balaban J connectivity index is 1.29. The van der Waals surface area contributed by atoms with E-state index in [2.05, 4.69) is 53.5 Å². The highest BCUT2D eigenvalue weighted by atomic mass is 16.2. The number of anilines is 2. The number of benzene rings is 2. The van der Waals surface area contributed by atoms with Crippen LogP contribution >= 0.6 is 0 Å². The van der Waals surface area contributed by atoms with Gasteiger partial charge in [-0.3, -0.25) is 4.79 Å². The van der Waals surface area contributed by atoms with Crippen LogP contribution in [0, 0.1) is 6.92 Å². The molecular formula is C22H28N3O+. The Hall–Kier alpha value is -2.33. The maximum atomic E-state index is 12.4. The molecule has 0 radical (unpaired) electrons. The first-order chi connectivity index (χ1) is 12.7. The zero-order valence-electron chi connectivity index (χ0n) is 15.6. The van der Waals surface area contributed by atoms with E-state index in [1.165, 1.54) is 40.1 Å². The number of carbonyl (C=O) groups excluding carboxylic acids is 1. The van der Waals surface area contributed by atoms with Crippen LogP contribution in [0.3, 0.4) is 0 Å². The quantitative estimate of drug-likeness (QED) is 0.883. The second-order valence-electron chi connectivity index (χ2n) is 7.59. The van der Waals surface area contributed by atoms with Crippen LogP contribution in [0.25, 0.3) is 0 Å². The molecule has 0 aromatic heterocycles. The molecule has 0 bridgehead atoms. The Labute approximate surface area is 155 Å². The van der Waals surface area contributed by atoms with Crippen LogP contribution < -0.4 is 15.1 Å². The molecule has 26 heavy (non-hydrogen) atoms. The number of nitrogens with one attached hydrogen (secondary N) is 2. The molecule has 1 heterocycles. The Kier molecular flexibility index (Phi) is 4.93. The fourth-order valence-electron chi connectivity index (χ4n) is 4.24. The van der Waals surface area contributed by atoms with E-state index in [1.54, 1.807) is 0 Å². The standard InChI is InChI=1S/C22H27N3O/c1-17-5-2-3-8-21(17)25-13-11-24(12-14-25)16-22(26)23-20-10-9-18-6-4-7-19(18)15-20/h2-3,5,8-10,15H,4,6-7,11-14,16H2,1H3,(H,23,26)/p+1. The molecule has 2 N–H and O–H groups in total. The molecule has 0 saturated carbocycles. The minimum atomic E-state index is 0.127. The lowest BCUT2D eigenvalue weighted by Gasteiger charge is -2.34. The summed E-state index contributed by atoms with van der Waals surface area (Å²) in [6.45, 7) is 6.74. The van der Waals surface area contributed by atoms with E-state index in [0.29, 0.717) is 6.54 Å².